The minimum absolute atomic E-state index is 0.0198. The van der Waals surface area contributed by atoms with E-state index in [1.165, 1.54) is 7.11 Å². The number of hydrogen-bond donors (Lipinski definition) is 0. The molecular formula is C20H21ClN2O3. The number of ether oxygens (including phenoxy) is 1. The summed E-state index contributed by atoms with van der Waals surface area (Å²) < 4.78 is 5.00. The smallest absolute Gasteiger partial charge is 0.327 e. The molecule has 5 nitrogen and oxygen atoms in total. The number of nitrogens with zero attached hydrogens (tertiary/aromatic N) is 2. The summed E-state index contributed by atoms with van der Waals surface area (Å²) in [6, 6.07) is 16.0. The predicted octanol–water partition coefficient (Wildman–Crippen LogP) is 3.01. The van der Waals surface area contributed by atoms with Crippen molar-refractivity contribution in [2.75, 3.05) is 33.3 Å². The van der Waals surface area contributed by atoms with E-state index in [2.05, 4.69) is 0 Å². The lowest BCUT2D eigenvalue weighted by atomic mass is 10.0. The molecule has 0 radical (unpaired) electrons. The highest BCUT2D eigenvalue weighted by molar-refractivity contribution is 6.30. The lowest BCUT2D eigenvalue weighted by Gasteiger charge is -2.38. The Labute approximate surface area is 158 Å². The fraction of sp³-hybridized carbons (Fsp3) is 0.300. The molecule has 1 aliphatic rings. The van der Waals surface area contributed by atoms with Gasteiger partial charge in [-0.3, -0.25) is 9.69 Å². The van der Waals surface area contributed by atoms with Crippen LogP contribution in [0.15, 0.2) is 54.6 Å². The van der Waals surface area contributed by atoms with Gasteiger partial charge in [0.2, 0.25) is 0 Å². The molecule has 0 spiro atoms. The first-order valence-corrected chi connectivity index (χ1v) is 8.89. The molecule has 136 valence electrons. The third-order valence-corrected chi connectivity index (χ3v) is 4.85. The molecule has 2 aromatic rings. The number of benzene rings is 2. The number of amides is 1. The summed E-state index contributed by atoms with van der Waals surface area (Å²) in [5.41, 5.74) is 1.52. The second-order valence-corrected chi connectivity index (χ2v) is 6.61. The maximum absolute atomic E-state index is 12.6. The van der Waals surface area contributed by atoms with E-state index >= 15 is 0 Å². The molecule has 1 heterocycles. The third kappa shape index (κ3) is 4.06. The van der Waals surface area contributed by atoms with Crippen LogP contribution >= 0.6 is 11.6 Å². The molecule has 0 bridgehead atoms. The predicted molar refractivity (Wildman–Crippen MR) is 100 cm³/mol. The van der Waals surface area contributed by atoms with E-state index in [4.69, 9.17) is 16.3 Å². The van der Waals surface area contributed by atoms with E-state index in [1.807, 2.05) is 52.3 Å². The molecule has 0 aromatic heterocycles. The number of halogens is 1. The maximum atomic E-state index is 12.6. The van der Waals surface area contributed by atoms with Crippen LogP contribution in [0.1, 0.15) is 22.0 Å². The molecule has 3 rings (SSSR count). The Kier molecular flexibility index (Phi) is 5.91. The average molecular weight is 373 g/mol. The van der Waals surface area contributed by atoms with Crippen molar-refractivity contribution in [3.63, 3.8) is 0 Å². The molecule has 1 saturated heterocycles. The Morgan fingerprint density at radius 2 is 1.58 bits per heavy atom. The topological polar surface area (TPSA) is 49.9 Å². The zero-order chi connectivity index (χ0) is 18.5. The Bertz CT molecular complexity index is 756. The van der Waals surface area contributed by atoms with Crippen LogP contribution in [0.4, 0.5) is 0 Å². The minimum atomic E-state index is -0.494. The lowest BCUT2D eigenvalue weighted by Crippen LogP contribution is -2.51. The maximum Gasteiger partial charge on any atom is 0.327 e. The second kappa shape index (κ2) is 8.34. The van der Waals surface area contributed by atoms with Crippen molar-refractivity contribution in [1.82, 2.24) is 9.80 Å². The van der Waals surface area contributed by atoms with Crippen LogP contribution in [-0.2, 0) is 9.53 Å². The minimum Gasteiger partial charge on any atom is -0.468 e. The van der Waals surface area contributed by atoms with Gasteiger partial charge in [-0.2, -0.15) is 0 Å². The molecule has 26 heavy (non-hydrogen) atoms. The quantitative estimate of drug-likeness (QED) is 0.774. The third-order valence-electron chi connectivity index (χ3n) is 4.60. The largest absolute Gasteiger partial charge is 0.468 e. The molecule has 0 N–H and O–H groups in total. The Morgan fingerprint density at radius 1 is 0.962 bits per heavy atom. The number of esters is 1. The van der Waals surface area contributed by atoms with Crippen molar-refractivity contribution in [1.29, 1.82) is 0 Å². The summed E-state index contributed by atoms with van der Waals surface area (Å²) in [7, 11) is 1.39. The first kappa shape index (κ1) is 18.4. The highest BCUT2D eigenvalue weighted by Crippen LogP contribution is 2.25. The first-order chi connectivity index (χ1) is 12.6. The highest BCUT2D eigenvalue weighted by Gasteiger charge is 2.32. The number of methoxy groups -OCH3 is 1. The summed E-state index contributed by atoms with van der Waals surface area (Å²) in [6.45, 7) is 2.32. The van der Waals surface area contributed by atoms with Gasteiger partial charge in [0.1, 0.15) is 6.04 Å². The first-order valence-electron chi connectivity index (χ1n) is 8.52. The highest BCUT2D eigenvalue weighted by atomic mass is 35.5. The van der Waals surface area contributed by atoms with Crippen LogP contribution in [-0.4, -0.2) is 55.0 Å². The zero-order valence-corrected chi connectivity index (χ0v) is 15.4. The molecule has 2 aromatic carbocycles. The molecule has 1 fully saturated rings. The van der Waals surface area contributed by atoms with Gasteiger partial charge >= 0.3 is 5.97 Å². The van der Waals surface area contributed by atoms with Crippen LogP contribution in [0.5, 0.6) is 0 Å². The average Bonchev–Trinajstić information content (AvgIpc) is 2.70. The monoisotopic (exact) mass is 372 g/mol. The van der Waals surface area contributed by atoms with Gasteiger partial charge in [-0.25, -0.2) is 4.79 Å². The number of piperazine rings is 1. The number of hydrogen-bond acceptors (Lipinski definition) is 4. The number of carbonyl (C=O) groups excluding carboxylic acids is 2. The van der Waals surface area contributed by atoms with E-state index in [0.29, 0.717) is 36.8 Å². The van der Waals surface area contributed by atoms with Crippen molar-refractivity contribution in [3.05, 3.63) is 70.7 Å². The fourth-order valence-corrected chi connectivity index (χ4v) is 3.33. The standard InChI is InChI=1S/C20H21ClN2O3/c1-26-20(25)18(15-7-9-17(21)10-8-15)22-11-13-23(14-12-22)19(24)16-5-3-2-4-6-16/h2-10,18H,11-14H2,1H3. The summed E-state index contributed by atoms with van der Waals surface area (Å²) in [4.78, 5) is 28.8. The van der Waals surface area contributed by atoms with E-state index in [-0.39, 0.29) is 11.9 Å². The normalized spacial score (nSPS) is 16.2. The Balaban J connectivity index is 1.71. The van der Waals surface area contributed by atoms with Gasteiger partial charge in [-0.15, -0.1) is 0 Å². The summed E-state index contributed by atoms with van der Waals surface area (Å²) in [5, 5.41) is 0.621. The van der Waals surface area contributed by atoms with E-state index in [1.54, 1.807) is 12.1 Å². The number of rotatable bonds is 4. The van der Waals surface area contributed by atoms with Gasteiger partial charge in [0.05, 0.1) is 7.11 Å². The van der Waals surface area contributed by atoms with Crippen molar-refractivity contribution in [2.24, 2.45) is 0 Å². The Morgan fingerprint density at radius 3 is 2.15 bits per heavy atom. The zero-order valence-electron chi connectivity index (χ0n) is 14.6. The second-order valence-electron chi connectivity index (χ2n) is 6.17. The number of carbonyl (C=O) groups is 2. The van der Waals surface area contributed by atoms with Gasteiger partial charge in [-0.1, -0.05) is 41.9 Å². The molecular weight excluding hydrogens is 352 g/mol. The summed E-state index contributed by atoms with van der Waals surface area (Å²) >= 11 is 5.95. The molecule has 1 aliphatic heterocycles. The van der Waals surface area contributed by atoms with E-state index < -0.39 is 6.04 Å². The molecule has 0 saturated carbocycles. The summed E-state index contributed by atoms with van der Waals surface area (Å²) in [5.74, 6) is -0.290. The fourth-order valence-electron chi connectivity index (χ4n) is 3.20. The van der Waals surface area contributed by atoms with Crippen LogP contribution < -0.4 is 0 Å². The molecule has 6 heteroatoms. The lowest BCUT2D eigenvalue weighted by molar-refractivity contribution is -0.148. The molecule has 1 atom stereocenters. The van der Waals surface area contributed by atoms with Crippen LogP contribution in [0.25, 0.3) is 0 Å². The van der Waals surface area contributed by atoms with Crippen LogP contribution in [0, 0.1) is 0 Å². The van der Waals surface area contributed by atoms with Crippen molar-refractivity contribution in [3.8, 4) is 0 Å². The van der Waals surface area contributed by atoms with E-state index in [0.717, 1.165) is 5.56 Å². The molecule has 1 unspecified atom stereocenters. The van der Waals surface area contributed by atoms with Crippen LogP contribution in [0.3, 0.4) is 0 Å². The Hall–Kier alpha value is -2.37. The van der Waals surface area contributed by atoms with Crippen molar-refractivity contribution < 1.29 is 14.3 Å². The van der Waals surface area contributed by atoms with Gasteiger partial charge in [-0.05, 0) is 29.8 Å². The van der Waals surface area contributed by atoms with E-state index in [9.17, 15) is 9.59 Å². The van der Waals surface area contributed by atoms with Gasteiger partial charge in [0.15, 0.2) is 0 Å². The SMILES string of the molecule is COC(=O)C(c1ccc(Cl)cc1)N1CCN(C(=O)c2ccccc2)CC1. The van der Waals surface area contributed by atoms with Crippen LogP contribution in [0.2, 0.25) is 5.02 Å². The van der Waals surface area contributed by atoms with Gasteiger partial charge in [0, 0.05) is 36.8 Å². The summed E-state index contributed by atoms with van der Waals surface area (Å²) in [6.07, 6.45) is 0. The molecule has 1 amide bonds. The molecule has 0 aliphatic carbocycles. The van der Waals surface area contributed by atoms with Gasteiger partial charge in [0.25, 0.3) is 5.91 Å². The van der Waals surface area contributed by atoms with Gasteiger partial charge < -0.3 is 9.64 Å². The van der Waals surface area contributed by atoms with Crippen molar-refractivity contribution >= 4 is 23.5 Å². The van der Waals surface area contributed by atoms with Crippen molar-refractivity contribution in [2.45, 2.75) is 6.04 Å².